The van der Waals surface area contributed by atoms with Gasteiger partial charge in [-0.05, 0) is 96.4 Å². The number of hydrogen-bond acceptors (Lipinski definition) is 6. The number of carbonyl (C=O) groups is 3. The summed E-state index contributed by atoms with van der Waals surface area (Å²) in [5.41, 5.74) is 7.21. The highest BCUT2D eigenvalue weighted by molar-refractivity contribution is 9.10. The molecule has 1 heterocycles. The van der Waals surface area contributed by atoms with Crippen molar-refractivity contribution in [3.63, 3.8) is 0 Å². The summed E-state index contributed by atoms with van der Waals surface area (Å²) in [6, 6.07) is 9.46. The van der Waals surface area contributed by atoms with Crippen LogP contribution in [0.5, 0.6) is 11.5 Å². The van der Waals surface area contributed by atoms with Gasteiger partial charge in [0.2, 0.25) is 0 Å². The van der Waals surface area contributed by atoms with Crippen LogP contribution in [-0.4, -0.2) is 43.1 Å². The van der Waals surface area contributed by atoms with Crippen LogP contribution in [-0.2, 0) is 14.4 Å². The minimum Gasteiger partial charge on any atom is -0.493 e. The van der Waals surface area contributed by atoms with E-state index in [0.717, 1.165) is 53.8 Å². The van der Waals surface area contributed by atoms with Crippen molar-refractivity contribution in [2.45, 2.75) is 58.3 Å². The van der Waals surface area contributed by atoms with Gasteiger partial charge < -0.3 is 19.7 Å². The molecule has 0 spiro atoms. The molecule has 3 aliphatic rings. The number of nitrogens with one attached hydrogen (secondary N) is 1. The molecule has 2 aromatic rings. The van der Waals surface area contributed by atoms with Gasteiger partial charge in [0.05, 0.1) is 11.6 Å². The molecule has 204 valence electrons. The fourth-order valence-electron chi connectivity index (χ4n) is 5.89. The number of amides is 1. The third-order valence-corrected chi connectivity index (χ3v) is 8.56. The zero-order chi connectivity index (χ0) is 27.8. The lowest BCUT2D eigenvalue weighted by Crippen LogP contribution is -2.37. The number of ketones is 2. The minimum atomic E-state index is -0.445. The number of ether oxygens (including phenoxy) is 2. The average molecular weight is 594 g/mol. The Morgan fingerprint density at radius 1 is 0.974 bits per heavy atom. The zero-order valence-corrected chi connectivity index (χ0v) is 24.4. The van der Waals surface area contributed by atoms with Crippen LogP contribution in [0, 0.1) is 13.8 Å². The number of aryl methyl sites for hydroxylation is 2. The van der Waals surface area contributed by atoms with Crippen LogP contribution >= 0.6 is 15.9 Å². The van der Waals surface area contributed by atoms with Gasteiger partial charge in [-0.25, -0.2) is 0 Å². The predicted octanol–water partition coefficient (Wildman–Crippen LogP) is 6.14. The van der Waals surface area contributed by atoms with Gasteiger partial charge in [-0.15, -0.1) is 0 Å². The first-order valence-corrected chi connectivity index (χ1v) is 14.1. The summed E-state index contributed by atoms with van der Waals surface area (Å²) < 4.78 is 12.2. The fourth-order valence-corrected chi connectivity index (χ4v) is 6.46. The first kappa shape index (κ1) is 27.2. The van der Waals surface area contributed by atoms with E-state index in [2.05, 4.69) is 26.1 Å². The van der Waals surface area contributed by atoms with Crippen molar-refractivity contribution in [1.29, 1.82) is 0 Å². The topological polar surface area (TPSA) is 84.9 Å². The molecular weight excluding hydrogens is 560 g/mol. The molecule has 0 radical (unpaired) electrons. The van der Waals surface area contributed by atoms with Gasteiger partial charge in [0.25, 0.3) is 5.91 Å². The molecule has 0 fully saturated rings. The average Bonchev–Trinajstić information content (AvgIpc) is 2.91. The smallest absolute Gasteiger partial charge is 0.262 e. The van der Waals surface area contributed by atoms with Crippen LogP contribution in [0.3, 0.4) is 0 Å². The SMILES string of the molecule is COc1cc(C2C3=C(CCCC3=O)N(C)C3=C2C(=O)CCC3)cc(Br)c1OCC(=O)Nc1ccc(C)c(C)c1. The quantitative estimate of drug-likeness (QED) is 0.434. The molecule has 2 aromatic carbocycles. The Hall–Kier alpha value is -3.39. The predicted molar refractivity (Wildman–Crippen MR) is 153 cm³/mol. The number of methoxy groups -OCH3 is 1. The standard InChI is InChI=1S/C31H33BrN2O5/c1-17-11-12-20(13-18(17)2)33-27(37)16-39-31-21(32)14-19(15-26(31)38-4)28-29-22(7-5-9-24(29)35)34(3)23-8-6-10-25(36)30(23)28/h11-15,28H,5-10,16H2,1-4H3,(H,33,37). The number of allylic oxidation sites excluding steroid dienone is 4. The summed E-state index contributed by atoms with van der Waals surface area (Å²) in [6.07, 6.45) is 4.22. The molecule has 1 N–H and O–H groups in total. The lowest BCUT2D eigenvalue weighted by atomic mass is 9.71. The van der Waals surface area contributed by atoms with E-state index in [4.69, 9.17) is 9.47 Å². The van der Waals surface area contributed by atoms with Crippen LogP contribution in [0.1, 0.15) is 61.1 Å². The number of nitrogens with zero attached hydrogens (tertiary/aromatic N) is 1. The summed E-state index contributed by atoms with van der Waals surface area (Å²) in [4.78, 5) is 41.3. The van der Waals surface area contributed by atoms with Crippen molar-refractivity contribution in [3.8, 4) is 11.5 Å². The molecule has 8 heteroatoms. The van der Waals surface area contributed by atoms with Crippen LogP contribution < -0.4 is 14.8 Å². The number of Topliss-reactive ketones (excluding diaryl/α,β-unsaturated/α-hetero) is 2. The largest absolute Gasteiger partial charge is 0.493 e. The lowest BCUT2D eigenvalue weighted by Gasteiger charge is -2.42. The lowest BCUT2D eigenvalue weighted by molar-refractivity contribution is -0.118. The van der Waals surface area contributed by atoms with Crippen LogP contribution in [0.2, 0.25) is 0 Å². The number of benzene rings is 2. The van der Waals surface area contributed by atoms with Gasteiger partial charge in [0, 0.05) is 54.0 Å². The Kier molecular flexibility index (Phi) is 7.67. The fraction of sp³-hybridized carbons (Fsp3) is 0.387. The van der Waals surface area contributed by atoms with E-state index in [0.29, 0.717) is 45.6 Å². The van der Waals surface area contributed by atoms with E-state index < -0.39 is 5.92 Å². The Morgan fingerprint density at radius 3 is 2.21 bits per heavy atom. The van der Waals surface area contributed by atoms with Gasteiger partial charge in [-0.1, -0.05) is 6.07 Å². The van der Waals surface area contributed by atoms with Crippen LogP contribution in [0.15, 0.2) is 57.3 Å². The molecule has 2 aliphatic carbocycles. The van der Waals surface area contributed by atoms with E-state index in [9.17, 15) is 14.4 Å². The maximum absolute atomic E-state index is 13.3. The normalized spacial score (nSPS) is 17.7. The van der Waals surface area contributed by atoms with E-state index in [1.54, 1.807) is 0 Å². The monoisotopic (exact) mass is 592 g/mol. The highest BCUT2D eigenvalue weighted by Crippen LogP contribution is 2.50. The highest BCUT2D eigenvalue weighted by atomic mass is 79.9. The summed E-state index contributed by atoms with van der Waals surface area (Å²) in [6.45, 7) is 3.80. The van der Waals surface area contributed by atoms with Crippen molar-refractivity contribution in [1.82, 2.24) is 4.90 Å². The van der Waals surface area contributed by atoms with Crippen LogP contribution in [0.25, 0.3) is 0 Å². The van der Waals surface area contributed by atoms with Gasteiger partial charge in [-0.2, -0.15) is 0 Å². The maximum atomic E-state index is 13.3. The minimum absolute atomic E-state index is 0.0939. The third-order valence-electron chi connectivity index (χ3n) is 7.97. The Balaban J connectivity index is 1.46. The molecule has 1 aliphatic heterocycles. The summed E-state index contributed by atoms with van der Waals surface area (Å²) in [5.74, 6) is 0.259. The Labute approximate surface area is 237 Å². The molecule has 0 unspecified atom stereocenters. The molecule has 0 bridgehead atoms. The number of halogens is 1. The molecule has 0 aromatic heterocycles. The number of hydrogen-bond donors (Lipinski definition) is 1. The van der Waals surface area contributed by atoms with E-state index >= 15 is 0 Å². The summed E-state index contributed by atoms with van der Waals surface area (Å²) >= 11 is 3.61. The second-order valence-electron chi connectivity index (χ2n) is 10.4. The molecule has 7 nitrogen and oxygen atoms in total. The van der Waals surface area contributed by atoms with E-state index in [1.165, 1.54) is 7.11 Å². The summed E-state index contributed by atoms with van der Waals surface area (Å²) in [7, 11) is 3.52. The molecular formula is C31H33BrN2O5. The second-order valence-corrected chi connectivity index (χ2v) is 11.3. The molecule has 0 saturated heterocycles. The van der Waals surface area contributed by atoms with Gasteiger partial charge in [0.15, 0.2) is 29.7 Å². The molecule has 5 rings (SSSR count). The van der Waals surface area contributed by atoms with Gasteiger partial charge in [-0.3, -0.25) is 14.4 Å². The van der Waals surface area contributed by atoms with E-state index in [1.807, 2.05) is 51.2 Å². The first-order valence-electron chi connectivity index (χ1n) is 13.3. The van der Waals surface area contributed by atoms with Crippen molar-refractivity contribution < 1.29 is 23.9 Å². The molecule has 1 amide bonds. The molecule has 0 atom stereocenters. The number of carbonyl (C=O) groups excluding carboxylic acids is 3. The Bertz CT molecular complexity index is 1400. The molecule has 0 saturated carbocycles. The second kappa shape index (κ2) is 11.0. The van der Waals surface area contributed by atoms with Crippen molar-refractivity contribution in [3.05, 3.63) is 74.0 Å². The molecule has 39 heavy (non-hydrogen) atoms. The van der Waals surface area contributed by atoms with Crippen molar-refractivity contribution in [2.75, 3.05) is 26.1 Å². The Morgan fingerprint density at radius 2 is 1.62 bits per heavy atom. The third kappa shape index (κ3) is 5.14. The summed E-state index contributed by atoms with van der Waals surface area (Å²) in [5, 5.41) is 2.86. The highest BCUT2D eigenvalue weighted by Gasteiger charge is 2.42. The first-order chi connectivity index (χ1) is 18.7. The number of anilines is 1. The van der Waals surface area contributed by atoms with Gasteiger partial charge in [0.1, 0.15) is 0 Å². The van der Waals surface area contributed by atoms with Crippen molar-refractivity contribution >= 4 is 39.1 Å². The van der Waals surface area contributed by atoms with Gasteiger partial charge >= 0.3 is 0 Å². The zero-order valence-electron chi connectivity index (χ0n) is 22.8. The maximum Gasteiger partial charge on any atom is 0.262 e. The van der Waals surface area contributed by atoms with Crippen LogP contribution in [0.4, 0.5) is 5.69 Å². The van der Waals surface area contributed by atoms with E-state index in [-0.39, 0.29) is 24.1 Å². The number of rotatable bonds is 6. The van der Waals surface area contributed by atoms with Crippen molar-refractivity contribution in [2.24, 2.45) is 0 Å².